The Labute approximate surface area is 172 Å². The highest BCUT2D eigenvalue weighted by Gasteiger charge is 2.28. The second kappa shape index (κ2) is 8.72. The Kier molecular flexibility index (Phi) is 6.33. The van der Waals surface area contributed by atoms with Crippen molar-refractivity contribution in [3.05, 3.63) is 51.9 Å². The van der Waals surface area contributed by atoms with E-state index in [1.165, 1.54) is 11.3 Å². The third-order valence-corrected chi connectivity index (χ3v) is 5.87. The van der Waals surface area contributed by atoms with Gasteiger partial charge in [-0.15, -0.1) is 11.3 Å². The minimum atomic E-state index is -0.571. The van der Waals surface area contributed by atoms with Gasteiger partial charge in [0, 0.05) is 36.8 Å². The lowest BCUT2D eigenvalue weighted by molar-refractivity contribution is -0.121. The van der Waals surface area contributed by atoms with Gasteiger partial charge >= 0.3 is 0 Å². The highest BCUT2D eigenvalue weighted by molar-refractivity contribution is 7.14. The van der Waals surface area contributed by atoms with E-state index in [9.17, 15) is 14.4 Å². The second-order valence-electron chi connectivity index (χ2n) is 6.53. The first-order chi connectivity index (χ1) is 13.4. The largest absolute Gasteiger partial charge is 0.366 e. The lowest BCUT2D eigenvalue weighted by Gasteiger charge is -2.37. The van der Waals surface area contributed by atoms with Gasteiger partial charge in [-0.05, 0) is 42.6 Å². The number of primary amides is 1. The molecule has 3 rings (SSSR count). The molecule has 1 aromatic heterocycles. The van der Waals surface area contributed by atoms with E-state index in [1.807, 2.05) is 11.8 Å². The standard InChI is InChI=1S/C19H21ClN4O3S/c1-12(17(26)22-18-15(16(21)25)6-11-28-18)23-7-9-24(10-8-23)19(27)13-2-4-14(20)5-3-13/h2-6,11-12H,7-10H2,1H3,(H2,21,25)(H,22,26). The van der Waals surface area contributed by atoms with Gasteiger partial charge in [-0.3, -0.25) is 19.3 Å². The van der Waals surface area contributed by atoms with Crippen LogP contribution in [0.25, 0.3) is 0 Å². The van der Waals surface area contributed by atoms with Crippen LogP contribution in [-0.4, -0.2) is 59.7 Å². The molecule has 0 radical (unpaired) electrons. The average molecular weight is 421 g/mol. The number of carbonyl (C=O) groups excluding carboxylic acids is 3. The van der Waals surface area contributed by atoms with E-state index in [-0.39, 0.29) is 11.8 Å². The predicted octanol–water partition coefficient (Wildman–Crippen LogP) is 2.29. The van der Waals surface area contributed by atoms with Crippen LogP contribution in [0.3, 0.4) is 0 Å². The number of piperazine rings is 1. The molecular weight excluding hydrogens is 400 g/mol. The first kappa shape index (κ1) is 20.3. The summed E-state index contributed by atoms with van der Waals surface area (Å²) in [6.45, 7) is 4.04. The van der Waals surface area contributed by atoms with E-state index in [4.69, 9.17) is 17.3 Å². The number of benzene rings is 1. The lowest BCUT2D eigenvalue weighted by Crippen LogP contribution is -2.54. The van der Waals surface area contributed by atoms with E-state index < -0.39 is 11.9 Å². The van der Waals surface area contributed by atoms with Gasteiger partial charge in [0.25, 0.3) is 11.8 Å². The van der Waals surface area contributed by atoms with Crippen LogP contribution in [0.5, 0.6) is 0 Å². The number of nitrogens with zero attached hydrogens (tertiary/aromatic N) is 2. The molecule has 9 heteroatoms. The van der Waals surface area contributed by atoms with E-state index >= 15 is 0 Å². The molecule has 1 aliphatic heterocycles. The zero-order valence-corrected chi connectivity index (χ0v) is 16.9. The van der Waals surface area contributed by atoms with Crippen molar-refractivity contribution in [2.24, 2.45) is 5.73 Å². The summed E-state index contributed by atoms with van der Waals surface area (Å²) in [6.07, 6.45) is 0. The van der Waals surface area contributed by atoms with Crippen LogP contribution in [0.4, 0.5) is 5.00 Å². The van der Waals surface area contributed by atoms with Gasteiger partial charge in [0.1, 0.15) is 5.00 Å². The number of nitrogens with two attached hydrogens (primary N) is 1. The molecule has 1 aliphatic rings. The van der Waals surface area contributed by atoms with Crippen molar-refractivity contribution in [1.82, 2.24) is 9.80 Å². The Bertz CT molecular complexity index is 876. The van der Waals surface area contributed by atoms with Crippen LogP contribution in [0.15, 0.2) is 35.7 Å². The monoisotopic (exact) mass is 420 g/mol. The van der Waals surface area contributed by atoms with Gasteiger partial charge < -0.3 is 16.0 Å². The van der Waals surface area contributed by atoms with Gasteiger partial charge in [0.2, 0.25) is 5.91 Å². The molecule has 2 heterocycles. The number of hydrogen-bond donors (Lipinski definition) is 2. The van der Waals surface area contributed by atoms with E-state index in [0.29, 0.717) is 47.3 Å². The van der Waals surface area contributed by atoms with Crippen molar-refractivity contribution in [2.45, 2.75) is 13.0 Å². The van der Waals surface area contributed by atoms with Crippen LogP contribution in [0.1, 0.15) is 27.6 Å². The fourth-order valence-electron chi connectivity index (χ4n) is 3.07. The molecule has 28 heavy (non-hydrogen) atoms. The van der Waals surface area contributed by atoms with Crippen molar-refractivity contribution < 1.29 is 14.4 Å². The number of thiophene rings is 1. The fourth-order valence-corrected chi connectivity index (χ4v) is 3.99. The third-order valence-electron chi connectivity index (χ3n) is 4.79. The zero-order valence-electron chi connectivity index (χ0n) is 15.4. The number of halogens is 1. The minimum Gasteiger partial charge on any atom is -0.366 e. The molecule has 1 saturated heterocycles. The van der Waals surface area contributed by atoms with Crippen molar-refractivity contribution in [3.63, 3.8) is 0 Å². The third kappa shape index (κ3) is 4.52. The van der Waals surface area contributed by atoms with Crippen LogP contribution in [0, 0.1) is 0 Å². The molecular formula is C19H21ClN4O3S. The van der Waals surface area contributed by atoms with Crippen LogP contribution in [-0.2, 0) is 4.79 Å². The topological polar surface area (TPSA) is 95.7 Å². The van der Waals surface area contributed by atoms with Gasteiger partial charge in [-0.2, -0.15) is 0 Å². The fraction of sp³-hybridized carbons (Fsp3) is 0.316. The molecule has 0 spiro atoms. The molecule has 0 aliphatic carbocycles. The number of rotatable bonds is 5. The maximum Gasteiger partial charge on any atom is 0.253 e. The molecule has 3 N–H and O–H groups in total. The summed E-state index contributed by atoms with van der Waals surface area (Å²) in [5.41, 5.74) is 6.22. The first-order valence-electron chi connectivity index (χ1n) is 8.84. The SMILES string of the molecule is CC(C(=O)Nc1sccc1C(N)=O)N1CCN(C(=O)c2ccc(Cl)cc2)CC1. The minimum absolute atomic E-state index is 0.0434. The molecule has 0 bridgehead atoms. The summed E-state index contributed by atoms with van der Waals surface area (Å²) in [5.74, 6) is -0.820. The van der Waals surface area contributed by atoms with E-state index in [1.54, 1.807) is 40.6 Å². The van der Waals surface area contributed by atoms with Gasteiger partial charge in [0.05, 0.1) is 11.6 Å². The smallest absolute Gasteiger partial charge is 0.253 e. The quantitative estimate of drug-likeness (QED) is 0.775. The van der Waals surface area contributed by atoms with Gasteiger partial charge in [-0.25, -0.2) is 0 Å². The molecule has 0 saturated carbocycles. The van der Waals surface area contributed by atoms with Crippen LogP contribution in [0.2, 0.25) is 5.02 Å². The van der Waals surface area contributed by atoms with Gasteiger partial charge in [-0.1, -0.05) is 11.6 Å². The maximum absolute atomic E-state index is 12.6. The van der Waals surface area contributed by atoms with Crippen molar-refractivity contribution in [2.75, 3.05) is 31.5 Å². The summed E-state index contributed by atoms with van der Waals surface area (Å²) >= 11 is 7.13. The average Bonchev–Trinajstić information content (AvgIpc) is 3.16. The highest BCUT2D eigenvalue weighted by Crippen LogP contribution is 2.23. The number of anilines is 1. The van der Waals surface area contributed by atoms with Crippen LogP contribution < -0.4 is 11.1 Å². The van der Waals surface area contributed by atoms with Gasteiger partial charge in [0.15, 0.2) is 0 Å². The van der Waals surface area contributed by atoms with E-state index in [0.717, 1.165) is 0 Å². The zero-order chi connectivity index (χ0) is 20.3. The predicted molar refractivity (Wildman–Crippen MR) is 110 cm³/mol. The Morgan fingerprint density at radius 3 is 2.36 bits per heavy atom. The molecule has 2 aromatic rings. The molecule has 1 unspecified atom stereocenters. The van der Waals surface area contributed by atoms with Crippen molar-refractivity contribution in [1.29, 1.82) is 0 Å². The molecule has 148 valence electrons. The summed E-state index contributed by atoms with van der Waals surface area (Å²) in [7, 11) is 0. The molecule has 1 aromatic carbocycles. The Morgan fingerprint density at radius 1 is 1.11 bits per heavy atom. The highest BCUT2D eigenvalue weighted by atomic mass is 35.5. The summed E-state index contributed by atoms with van der Waals surface area (Å²) in [5, 5.41) is 5.54. The summed E-state index contributed by atoms with van der Waals surface area (Å²) < 4.78 is 0. The number of hydrogen-bond acceptors (Lipinski definition) is 5. The molecule has 7 nitrogen and oxygen atoms in total. The Morgan fingerprint density at radius 2 is 1.75 bits per heavy atom. The summed E-state index contributed by atoms with van der Waals surface area (Å²) in [6, 6.07) is 8.02. The second-order valence-corrected chi connectivity index (χ2v) is 7.88. The normalized spacial score (nSPS) is 15.9. The molecule has 1 atom stereocenters. The van der Waals surface area contributed by atoms with Crippen molar-refractivity contribution in [3.8, 4) is 0 Å². The van der Waals surface area contributed by atoms with Crippen LogP contribution >= 0.6 is 22.9 Å². The Hall–Kier alpha value is -2.42. The molecule has 3 amide bonds. The Balaban J connectivity index is 1.55. The van der Waals surface area contributed by atoms with Crippen molar-refractivity contribution >= 4 is 45.7 Å². The maximum atomic E-state index is 12.6. The first-order valence-corrected chi connectivity index (χ1v) is 10.1. The van der Waals surface area contributed by atoms with E-state index in [2.05, 4.69) is 5.32 Å². The number of nitrogens with one attached hydrogen (secondary N) is 1. The molecule has 1 fully saturated rings. The lowest BCUT2D eigenvalue weighted by atomic mass is 10.1. The summed E-state index contributed by atoms with van der Waals surface area (Å²) in [4.78, 5) is 40.3. The number of amides is 3. The number of carbonyl (C=O) groups is 3.